The predicted octanol–water partition coefficient (Wildman–Crippen LogP) is 2.71. The van der Waals surface area contributed by atoms with E-state index in [1.165, 1.54) is 0 Å². The topological polar surface area (TPSA) is 55.1 Å². The van der Waals surface area contributed by atoms with Crippen molar-refractivity contribution < 1.29 is 9.90 Å². The summed E-state index contributed by atoms with van der Waals surface area (Å²) in [6, 6.07) is 5.33. The summed E-state index contributed by atoms with van der Waals surface area (Å²) in [5, 5.41) is 8.94. The van der Waals surface area contributed by atoms with Crippen LogP contribution in [0.1, 0.15) is 36.7 Å². The number of imidazole rings is 1. The van der Waals surface area contributed by atoms with Gasteiger partial charge in [0.1, 0.15) is 0 Å². The van der Waals surface area contributed by atoms with Crippen LogP contribution in [0.3, 0.4) is 0 Å². The van der Waals surface area contributed by atoms with Gasteiger partial charge in [0.15, 0.2) is 0 Å². The van der Waals surface area contributed by atoms with Crippen molar-refractivity contribution in [2.24, 2.45) is 0 Å². The Bertz CT molecular complexity index is 531. The van der Waals surface area contributed by atoms with Crippen LogP contribution in [0.4, 0.5) is 0 Å². The molecule has 1 atom stereocenters. The van der Waals surface area contributed by atoms with Crippen molar-refractivity contribution in [3.05, 3.63) is 30.1 Å². The molecule has 1 N–H and O–H groups in total. The smallest absolute Gasteiger partial charge is 0.335 e. The lowest BCUT2D eigenvalue weighted by Crippen LogP contribution is -2.03. The number of carboxylic acid groups (broad SMARTS) is 1. The quantitative estimate of drug-likeness (QED) is 0.861. The number of hydrogen-bond acceptors (Lipinski definition) is 2. The molecule has 0 aliphatic heterocycles. The second-order valence-electron chi connectivity index (χ2n) is 3.92. The first-order valence-electron chi connectivity index (χ1n) is 5.33. The standard InChI is InChI=1S/C12H14N2O2/c1-3-8(2)14-7-13-10-5-4-9(12(15)16)6-11(10)14/h4-8H,3H2,1-2H3,(H,15,16). The fraction of sp³-hybridized carbons (Fsp3) is 0.333. The Balaban J connectivity index is 2.60. The second-order valence-corrected chi connectivity index (χ2v) is 3.92. The number of rotatable bonds is 3. The third-order valence-corrected chi connectivity index (χ3v) is 2.89. The van der Waals surface area contributed by atoms with Crippen molar-refractivity contribution in [2.45, 2.75) is 26.3 Å². The van der Waals surface area contributed by atoms with Crippen molar-refractivity contribution in [1.82, 2.24) is 9.55 Å². The third-order valence-electron chi connectivity index (χ3n) is 2.89. The van der Waals surface area contributed by atoms with Gasteiger partial charge in [-0.1, -0.05) is 6.92 Å². The zero-order valence-electron chi connectivity index (χ0n) is 9.34. The molecule has 16 heavy (non-hydrogen) atoms. The third kappa shape index (κ3) is 1.66. The minimum absolute atomic E-state index is 0.303. The fourth-order valence-electron chi connectivity index (χ4n) is 1.71. The molecule has 2 rings (SSSR count). The van der Waals surface area contributed by atoms with Gasteiger partial charge in [0.05, 0.1) is 22.9 Å². The van der Waals surface area contributed by atoms with Gasteiger partial charge in [-0.05, 0) is 31.5 Å². The van der Waals surface area contributed by atoms with Gasteiger partial charge in [-0.15, -0.1) is 0 Å². The predicted molar refractivity (Wildman–Crippen MR) is 61.7 cm³/mol. The molecule has 4 nitrogen and oxygen atoms in total. The summed E-state index contributed by atoms with van der Waals surface area (Å²) in [5.74, 6) is -0.904. The molecule has 0 saturated carbocycles. The van der Waals surface area contributed by atoms with Gasteiger partial charge in [-0.2, -0.15) is 0 Å². The number of hydrogen-bond donors (Lipinski definition) is 1. The van der Waals surface area contributed by atoms with Gasteiger partial charge in [0.25, 0.3) is 0 Å². The van der Waals surface area contributed by atoms with Gasteiger partial charge >= 0.3 is 5.97 Å². The van der Waals surface area contributed by atoms with Crippen molar-refractivity contribution in [1.29, 1.82) is 0 Å². The average molecular weight is 218 g/mol. The van der Waals surface area contributed by atoms with E-state index in [-0.39, 0.29) is 0 Å². The molecule has 84 valence electrons. The van der Waals surface area contributed by atoms with Crippen LogP contribution in [-0.2, 0) is 0 Å². The van der Waals surface area contributed by atoms with Crippen molar-refractivity contribution in [2.75, 3.05) is 0 Å². The molecule has 2 aromatic rings. The Morgan fingerprint density at radius 3 is 2.94 bits per heavy atom. The molecule has 1 aromatic carbocycles. The van der Waals surface area contributed by atoms with E-state index in [1.807, 2.05) is 4.57 Å². The normalized spacial score (nSPS) is 12.9. The highest BCUT2D eigenvalue weighted by Crippen LogP contribution is 2.20. The monoisotopic (exact) mass is 218 g/mol. The van der Waals surface area contributed by atoms with E-state index < -0.39 is 5.97 Å². The highest BCUT2D eigenvalue weighted by molar-refractivity contribution is 5.92. The van der Waals surface area contributed by atoms with Crippen molar-refractivity contribution >= 4 is 17.0 Å². The molecule has 1 heterocycles. The molecule has 4 heteroatoms. The van der Waals surface area contributed by atoms with Gasteiger partial charge in [-0.3, -0.25) is 0 Å². The van der Waals surface area contributed by atoms with Crippen LogP contribution in [0.15, 0.2) is 24.5 Å². The van der Waals surface area contributed by atoms with Crippen LogP contribution in [0.5, 0.6) is 0 Å². The van der Waals surface area contributed by atoms with Crippen LogP contribution in [0.2, 0.25) is 0 Å². The van der Waals surface area contributed by atoms with Crippen LogP contribution in [0, 0.1) is 0 Å². The van der Waals surface area contributed by atoms with E-state index in [4.69, 9.17) is 5.11 Å². The second kappa shape index (κ2) is 3.96. The first kappa shape index (κ1) is 10.7. The summed E-state index contributed by atoms with van der Waals surface area (Å²) in [7, 11) is 0. The summed E-state index contributed by atoms with van der Waals surface area (Å²) < 4.78 is 2.02. The van der Waals surface area contributed by atoms with Gasteiger partial charge < -0.3 is 9.67 Å². The molecular weight excluding hydrogens is 204 g/mol. The number of aromatic nitrogens is 2. The number of carboxylic acids is 1. The minimum atomic E-state index is -0.904. The molecule has 1 aromatic heterocycles. The summed E-state index contributed by atoms with van der Waals surface area (Å²) >= 11 is 0. The molecule has 0 saturated heterocycles. The number of carbonyl (C=O) groups is 1. The van der Waals surface area contributed by atoms with Crippen LogP contribution >= 0.6 is 0 Å². The Hall–Kier alpha value is -1.84. The van der Waals surface area contributed by atoms with Gasteiger partial charge in [0, 0.05) is 6.04 Å². The Labute approximate surface area is 93.5 Å². The SMILES string of the molecule is CCC(C)n1cnc2ccc(C(=O)O)cc21. The fourth-order valence-corrected chi connectivity index (χ4v) is 1.71. The summed E-state index contributed by atoms with van der Waals surface area (Å²) in [5.41, 5.74) is 2.03. The lowest BCUT2D eigenvalue weighted by Gasteiger charge is -2.11. The lowest BCUT2D eigenvalue weighted by molar-refractivity contribution is 0.0697. The highest BCUT2D eigenvalue weighted by Gasteiger charge is 2.10. The molecule has 0 fully saturated rings. The summed E-state index contributed by atoms with van der Waals surface area (Å²) in [6.07, 6.45) is 2.76. The molecule has 0 aliphatic carbocycles. The van der Waals surface area contributed by atoms with Crippen molar-refractivity contribution in [3.63, 3.8) is 0 Å². The average Bonchev–Trinajstić information content (AvgIpc) is 2.70. The molecule has 0 bridgehead atoms. The van der Waals surface area contributed by atoms with E-state index in [1.54, 1.807) is 24.5 Å². The van der Waals surface area contributed by atoms with Crippen LogP contribution in [0.25, 0.3) is 11.0 Å². The zero-order chi connectivity index (χ0) is 11.7. The molecule has 0 radical (unpaired) electrons. The maximum atomic E-state index is 10.9. The summed E-state index contributed by atoms with van der Waals surface area (Å²) in [4.78, 5) is 15.1. The molecule has 0 amide bonds. The lowest BCUT2D eigenvalue weighted by atomic mass is 10.2. The van der Waals surface area contributed by atoms with E-state index in [9.17, 15) is 4.79 Å². The Kier molecular flexibility index (Phi) is 2.64. The molecule has 0 spiro atoms. The number of fused-ring (bicyclic) bond motifs is 1. The number of aromatic carboxylic acids is 1. The largest absolute Gasteiger partial charge is 0.478 e. The van der Waals surface area contributed by atoms with Gasteiger partial charge in [-0.25, -0.2) is 9.78 Å². The molecule has 0 aliphatic rings. The van der Waals surface area contributed by atoms with E-state index in [0.717, 1.165) is 17.5 Å². The zero-order valence-corrected chi connectivity index (χ0v) is 9.34. The van der Waals surface area contributed by atoms with Crippen LogP contribution in [-0.4, -0.2) is 20.6 Å². The highest BCUT2D eigenvalue weighted by atomic mass is 16.4. The van der Waals surface area contributed by atoms with Crippen LogP contribution < -0.4 is 0 Å². The molecule has 1 unspecified atom stereocenters. The number of nitrogens with zero attached hydrogens (tertiary/aromatic N) is 2. The summed E-state index contributed by atoms with van der Waals surface area (Å²) in [6.45, 7) is 4.19. The van der Waals surface area contributed by atoms with Crippen molar-refractivity contribution in [3.8, 4) is 0 Å². The minimum Gasteiger partial charge on any atom is -0.478 e. The maximum absolute atomic E-state index is 10.9. The van der Waals surface area contributed by atoms with E-state index in [0.29, 0.717) is 11.6 Å². The first-order valence-corrected chi connectivity index (χ1v) is 5.33. The molecular formula is C12H14N2O2. The Morgan fingerprint density at radius 2 is 2.31 bits per heavy atom. The van der Waals surface area contributed by atoms with Gasteiger partial charge in [0.2, 0.25) is 0 Å². The maximum Gasteiger partial charge on any atom is 0.335 e. The Morgan fingerprint density at radius 1 is 1.56 bits per heavy atom. The van der Waals surface area contributed by atoms with E-state index >= 15 is 0 Å². The van der Waals surface area contributed by atoms with E-state index in [2.05, 4.69) is 18.8 Å². The number of benzene rings is 1. The first-order chi connectivity index (χ1) is 7.63.